The normalized spacial score (nSPS) is 11.6. The van der Waals surface area contributed by atoms with Crippen molar-refractivity contribution in [2.75, 3.05) is 0 Å². The monoisotopic (exact) mass is 716 g/mol. The van der Waals surface area contributed by atoms with Crippen LogP contribution in [0.5, 0.6) is 0 Å². The van der Waals surface area contributed by atoms with E-state index >= 15 is 0 Å². The first-order valence-corrected chi connectivity index (χ1v) is 18.8. The summed E-state index contributed by atoms with van der Waals surface area (Å²) in [6, 6.07) is 67.4. The Morgan fingerprint density at radius 3 is 1.61 bits per heavy atom. The fraction of sp³-hybridized carbons (Fsp3) is 0. The first kappa shape index (κ1) is 31.9. The highest BCUT2D eigenvalue weighted by molar-refractivity contribution is 6.22. The Hall–Kier alpha value is -7.63. The Morgan fingerprint density at radius 1 is 0.339 bits per heavy atom. The second kappa shape index (κ2) is 13.0. The molecule has 0 aliphatic heterocycles. The first-order valence-electron chi connectivity index (χ1n) is 18.8. The molecule has 11 aromatic rings. The van der Waals surface area contributed by atoms with Gasteiger partial charge in [-0.1, -0.05) is 158 Å². The molecule has 262 valence electrons. The predicted octanol–water partition coefficient (Wildman–Crippen LogP) is 13.2. The fourth-order valence-electron chi connectivity index (χ4n) is 7.99. The second-order valence-electron chi connectivity index (χ2n) is 14.0. The molecule has 3 heterocycles. The quantitative estimate of drug-likeness (QED) is 0.172. The zero-order valence-electron chi connectivity index (χ0n) is 30.2. The lowest BCUT2D eigenvalue weighted by molar-refractivity contribution is 0.671. The van der Waals surface area contributed by atoms with Gasteiger partial charge in [-0.2, -0.15) is 0 Å². The van der Waals surface area contributed by atoms with Gasteiger partial charge >= 0.3 is 0 Å². The number of hydrogen-bond donors (Lipinski definition) is 0. The van der Waals surface area contributed by atoms with Crippen molar-refractivity contribution in [2.24, 2.45) is 0 Å². The van der Waals surface area contributed by atoms with Gasteiger partial charge in [-0.15, -0.1) is 0 Å². The number of rotatable bonds is 6. The highest BCUT2D eigenvalue weighted by Gasteiger charge is 2.22. The van der Waals surface area contributed by atoms with Crippen LogP contribution in [0.3, 0.4) is 0 Å². The van der Waals surface area contributed by atoms with E-state index < -0.39 is 0 Å². The van der Waals surface area contributed by atoms with Gasteiger partial charge in [-0.05, 0) is 58.7 Å². The van der Waals surface area contributed by atoms with Gasteiger partial charge in [-0.3, -0.25) is 0 Å². The van der Waals surface area contributed by atoms with Crippen LogP contribution in [0, 0.1) is 0 Å². The minimum absolute atomic E-state index is 0.553. The number of fused-ring (bicyclic) bond motifs is 7. The number of furan rings is 1. The van der Waals surface area contributed by atoms with Gasteiger partial charge in [0.1, 0.15) is 5.58 Å². The zero-order valence-corrected chi connectivity index (χ0v) is 30.2. The van der Waals surface area contributed by atoms with Gasteiger partial charge in [0.2, 0.25) is 0 Å². The number of nitrogens with zero attached hydrogens (tertiary/aromatic N) is 4. The molecule has 5 nitrogen and oxygen atoms in total. The van der Waals surface area contributed by atoms with Crippen molar-refractivity contribution in [1.29, 1.82) is 0 Å². The van der Waals surface area contributed by atoms with Crippen LogP contribution in [0.15, 0.2) is 199 Å². The van der Waals surface area contributed by atoms with Crippen LogP contribution in [0.25, 0.3) is 106 Å². The van der Waals surface area contributed by atoms with Gasteiger partial charge < -0.3 is 8.98 Å². The van der Waals surface area contributed by atoms with Gasteiger partial charge in [-0.25, -0.2) is 15.0 Å². The average molecular weight is 717 g/mol. The molecule has 0 saturated carbocycles. The van der Waals surface area contributed by atoms with E-state index in [1.165, 1.54) is 16.5 Å². The molecule has 0 radical (unpaired) electrons. The lowest BCUT2D eigenvalue weighted by Gasteiger charge is -2.10. The molecular formula is C51H32N4O. The van der Waals surface area contributed by atoms with E-state index in [-0.39, 0.29) is 0 Å². The van der Waals surface area contributed by atoms with Crippen molar-refractivity contribution >= 4 is 43.7 Å². The van der Waals surface area contributed by atoms with Crippen molar-refractivity contribution in [3.05, 3.63) is 194 Å². The average Bonchev–Trinajstić information content (AvgIpc) is 3.83. The molecule has 0 aliphatic rings. The summed E-state index contributed by atoms with van der Waals surface area (Å²) in [5.41, 5.74) is 12.0. The number of aromatic nitrogens is 4. The molecule has 0 bridgehead atoms. The van der Waals surface area contributed by atoms with Crippen LogP contribution in [0.1, 0.15) is 0 Å². The van der Waals surface area contributed by atoms with E-state index in [2.05, 4.69) is 150 Å². The second-order valence-corrected chi connectivity index (χ2v) is 14.0. The van der Waals surface area contributed by atoms with E-state index in [1.807, 2.05) is 48.5 Å². The summed E-state index contributed by atoms with van der Waals surface area (Å²) < 4.78 is 9.41. The number of para-hydroxylation sites is 2. The van der Waals surface area contributed by atoms with Crippen LogP contribution < -0.4 is 0 Å². The maximum absolute atomic E-state index is 7.08. The summed E-state index contributed by atoms with van der Waals surface area (Å²) in [6.07, 6.45) is 0. The molecule has 0 atom stereocenters. The summed E-state index contributed by atoms with van der Waals surface area (Å²) in [7, 11) is 0. The van der Waals surface area contributed by atoms with Crippen molar-refractivity contribution in [2.45, 2.75) is 0 Å². The highest BCUT2D eigenvalue weighted by Crippen LogP contribution is 2.42. The third-order valence-electron chi connectivity index (χ3n) is 10.7. The predicted molar refractivity (Wildman–Crippen MR) is 229 cm³/mol. The molecule has 11 rings (SSSR count). The number of benzene rings is 8. The molecule has 0 aliphatic carbocycles. The van der Waals surface area contributed by atoms with Crippen molar-refractivity contribution < 1.29 is 4.42 Å². The first-order chi connectivity index (χ1) is 27.8. The lowest BCUT2D eigenvalue weighted by Crippen LogP contribution is -2.00. The molecule has 8 aromatic carbocycles. The summed E-state index contributed by atoms with van der Waals surface area (Å²) in [5.74, 6) is 1.75. The maximum Gasteiger partial charge on any atom is 0.167 e. The van der Waals surface area contributed by atoms with E-state index in [4.69, 9.17) is 19.4 Å². The molecule has 3 aromatic heterocycles. The Balaban J connectivity index is 1.13. The van der Waals surface area contributed by atoms with Gasteiger partial charge in [0.05, 0.1) is 16.6 Å². The van der Waals surface area contributed by atoms with Crippen LogP contribution in [0.4, 0.5) is 0 Å². The SMILES string of the molecule is c1ccc(-c2ccc(-n3c4ccccc4c4ccc5c6cccc(-c7nc(-c8ccccc8)nc(-c8cccc(-c9ccccc9)c8)n7)c6oc5c43)cc2)cc1. The summed E-state index contributed by atoms with van der Waals surface area (Å²) >= 11 is 0. The van der Waals surface area contributed by atoms with E-state index in [0.717, 1.165) is 71.9 Å². The number of hydrogen-bond acceptors (Lipinski definition) is 4. The van der Waals surface area contributed by atoms with Crippen molar-refractivity contribution in [3.8, 4) is 62.1 Å². The van der Waals surface area contributed by atoms with Crippen LogP contribution >= 0.6 is 0 Å². The Bertz CT molecular complexity index is 3220. The van der Waals surface area contributed by atoms with Crippen LogP contribution in [-0.4, -0.2) is 19.5 Å². The minimum Gasteiger partial charge on any atom is -0.453 e. The van der Waals surface area contributed by atoms with Gasteiger partial charge in [0.25, 0.3) is 0 Å². The largest absolute Gasteiger partial charge is 0.453 e. The Labute approximate surface area is 322 Å². The third-order valence-corrected chi connectivity index (χ3v) is 10.7. The lowest BCUT2D eigenvalue weighted by atomic mass is 10.0. The van der Waals surface area contributed by atoms with E-state index in [0.29, 0.717) is 17.5 Å². The minimum atomic E-state index is 0.553. The maximum atomic E-state index is 7.08. The molecule has 0 unspecified atom stereocenters. The van der Waals surface area contributed by atoms with Gasteiger partial charge in [0, 0.05) is 38.4 Å². The molecule has 0 fully saturated rings. The smallest absolute Gasteiger partial charge is 0.167 e. The summed E-state index contributed by atoms with van der Waals surface area (Å²) in [4.78, 5) is 15.3. The Morgan fingerprint density at radius 2 is 0.857 bits per heavy atom. The summed E-state index contributed by atoms with van der Waals surface area (Å²) in [6.45, 7) is 0. The van der Waals surface area contributed by atoms with E-state index in [9.17, 15) is 0 Å². The van der Waals surface area contributed by atoms with E-state index in [1.54, 1.807) is 0 Å². The molecule has 0 amide bonds. The zero-order chi connectivity index (χ0) is 37.0. The fourth-order valence-corrected chi connectivity index (χ4v) is 7.99. The van der Waals surface area contributed by atoms with Crippen molar-refractivity contribution in [1.82, 2.24) is 19.5 Å². The van der Waals surface area contributed by atoms with Crippen LogP contribution in [-0.2, 0) is 0 Å². The highest BCUT2D eigenvalue weighted by atomic mass is 16.3. The van der Waals surface area contributed by atoms with Gasteiger partial charge in [0.15, 0.2) is 23.1 Å². The standard InChI is InChI=1S/C51H32N4O/c1-4-14-33(15-5-1)35-26-28-39(29-27-35)55-45-25-11-10-22-40(45)41-30-31-43-42-23-13-24-44(47(42)56-48(43)46(41)55)51-53-49(36-18-8-3-9-19-36)52-50(54-51)38-21-12-20-37(32-38)34-16-6-2-7-17-34/h1-32H. The summed E-state index contributed by atoms with van der Waals surface area (Å²) in [5, 5.41) is 4.34. The van der Waals surface area contributed by atoms with Crippen LogP contribution in [0.2, 0.25) is 0 Å². The molecule has 0 spiro atoms. The topological polar surface area (TPSA) is 56.7 Å². The third kappa shape index (κ3) is 5.29. The molecule has 5 heteroatoms. The molecule has 0 N–H and O–H groups in total. The molecule has 0 saturated heterocycles. The van der Waals surface area contributed by atoms with Crippen molar-refractivity contribution in [3.63, 3.8) is 0 Å². The Kier molecular flexibility index (Phi) is 7.42. The molecular weight excluding hydrogens is 685 g/mol. The molecule has 56 heavy (non-hydrogen) atoms.